The summed E-state index contributed by atoms with van der Waals surface area (Å²) in [7, 11) is 0. The number of fused-ring (bicyclic) bond motifs is 3. The molecule has 208 valence electrons. The monoisotopic (exact) mass is 561 g/mol. The lowest BCUT2D eigenvalue weighted by Crippen LogP contribution is -2.42. The van der Waals surface area contributed by atoms with Crippen molar-refractivity contribution in [3.05, 3.63) is 88.6 Å². The van der Waals surface area contributed by atoms with Crippen molar-refractivity contribution >= 4 is 34.3 Å². The minimum absolute atomic E-state index is 0.0195. The number of carbonyl (C=O) groups is 1. The van der Waals surface area contributed by atoms with Crippen LogP contribution in [0.15, 0.2) is 66.7 Å². The third-order valence-corrected chi connectivity index (χ3v) is 7.62. The van der Waals surface area contributed by atoms with Crippen molar-refractivity contribution in [1.82, 2.24) is 9.88 Å². The molecule has 1 amide bonds. The van der Waals surface area contributed by atoms with E-state index in [1.807, 2.05) is 56.3 Å². The van der Waals surface area contributed by atoms with Gasteiger partial charge in [-0.15, -0.1) is 0 Å². The number of ether oxygens (including phenoxy) is 4. The Labute approximate surface area is 237 Å². The van der Waals surface area contributed by atoms with Gasteiger partial charge in [0.2, 0.25) is 0 Å². The zero-order chi connectivity index (χ0) is 27.9. The van der Waals surface area contributed by atoms with Crippen LogP contribution >= 0.6 is 11.6 Å². The van der Waals surface area contributed by atoms with E-state index in [-0.39, 0.29) is 12.1 Å². The molecule has 3 aromatic carbocycles. The highest BCUT2D eigenvalue weighted by Crippen LogP contribution is 2.40. The quantitative estimate of drug-likeness (QED) is 0.262. The SMILES string of the molecule is CC1(C)OCC(CCOc2ccc(C3c4[nH]c5ccc(Cl)cc5c4CCN3C(=O)Oc3ccc(N)cc3)cc2)O1. The van der Waals surface area contributed by atoms with Crippen LogP contribution < -0.4 is 15.2 Å². The first-order valence-electron chi connectivity index (χ1n) is 13.4. The van der Waals surface area contributed by atoms with Crippen LogP contribution in [0.2, 0.25) is 5.02 Å². The zero-order valence-corrected chi connectivity index (χ0v) is 23.2. The van der Waals surface area contributed by atoms with E-state index in [2.05, 4.69) is 4.98 Å². The molecule has 8 nitrogen and oxygen atoms in total. The second-order valence-corrected chi connectivity index (χ2v) is 11.1. The second kappa shape index (κ2) is 10.7. The predicted octanol–water partition coefficient (Wildman–Crippen LogP) is 6.47. The third kappa shape index (κ3) is 5.47. The molecule has 1 aromatic heterocycles. The minimum atomic E-state index is -0.542. The summed E-state index contributed by atoms with van der Waals surface area (Å²) in [6.07, 6.45) is 0.998. The summed E-state index contributed by atoms with van der Waals surface area (Å²) in [6.45, 7) is 5.40. The van der Waals surface area contributed by atoms with Gasteiger partial charge >= 0.3 is 6.09 Å². The normalized spacial score (nSPS) is 19.9. The van der Waals surface area contributed by atoms with Crippen molar-refractivity contribution in [2.45, 2.75) is 44.6 Å². The second-order valence-electron chi connectivity index (χ2n) is 10.6. The summed E-state index contributed by atoms with van der Waals surface area (Å²) in [5.41, 5.74) is 10.4. The molecule has 2 unspecified atom stereocenters. The van der Waals surface area contributed by atoms with Crippen molar-refractivity contribution in [2.24, 2.45) is 0 Å². The van der Waals surface area contributed by atoms with Crippen molar-refractivity contribution < 1.29 is 23.7 Å². The van der Waals surface area contributed by atoms with Crippen molar-refractivity contribution in [2.75, 3.05) is 25.5 Å². The highest BCUT2D eigenvalue weighted by atomic mass is 35.5. The summed E-state index contributed by atoms with van der Waals surface area (Å²) in [5.74, 6) is 0.647. The number of hydrogen-bond acceptors (Lipinski definition) is 6. The van der Waals surface area contributed by atoms with Gasteiger partial charge in [-0.3, -0.25) is 4.90 Å². The molecule has 2 aliphatic rings. The maximum absolute atomic E-state index is 13.5. The van der Waals surface area contributed by atoms with Crippen molar-refractivity contribution in [1.29, 1.82) is 0 Å². The molecule has 3 N–H and O–H groups in total. The number of anilines is 1. The van der Waals surface area contributed by atoms with E-state index in [4.69, 9.17) is 36.3 Å². The minimum Gasteiger partial charge on any atom is -0.493 e. The number of nitrogens with zero attached hydrogens (tertiary/aromatic N) is 1. The first-order valence-corrected chi connectivity index (χ1v) is 13.8. The first kappa shape index (κ1) is 26.5. The van der Waals surface area contributed by atoms with E-state index in [1.165, 1.54) is 0 Å². The highest BCUT2D eigenvalue weighted by Gasteiger charge is 2.36. The summed E-state index contributed by atoms with van der Waals surface area (Å²) >= 11 is 6.33. The number of carbonyl (C=O) groups excluding carboxylic acids is 1. The molecule has 9 heteroatoms. The fraction of sp³-hybridized carbons (Fsp3) is 0.323. The maximum Gasteiger partial charge on any atom is 0.416 e. The summed E-state index contributed by atoms with van der Waals surface area (Å²) in [6, 6.07) is 20.1. The lowest BCUT2D eigenvalue weighted by molar-refractivity contribution is -0.139. The number of rotatable bonds is 6. The van der Waals surface area contributed by atoms with Gasteiger partial charge in [0.25, 0.3) is 0 Å². The first-order chi connectivity index (χ1) is 19.3. The van der Waals surface area contributed by atoms with Crippen LogP contribution in [-0.2, 0) is 15.9 Å². The number of aromatic amines is 1. The maximum atomic E-state index is 13.5. The van der Waals surface area contributed by atoms with E-state index in [0.29, 0.717) is 42.6 Å². The van der Waals surface area contributed by atoms with E-state index >= 15 is 0 Å². The van der Waals surface area contributed by atoms with Crippen LogP contribution in [0.25, 0.3) is 10.9 Å². The van der Waals surface area contributed by atoms with Gasteiger partial charge in [0, 0.05) is 40.3 Å². The molecule has 0 bridgehead atoms. The zero-order valence-electron chi connectivity index (χ0n) is 22.5. The van der Waals surface area contributed by atoms with Gasteiger partial charge in [-0.1, -0.05) is 23.7 Å². The Morgan fingerprint density at radius 3 is 2.58 bits per heavy atom. The molecule has 6 rings (SSSR count). The van der Waals surface area contributed by atoms with Crippen LogP contribution in [0.3, 0.4) is 0 Å². The van der Waals surface area contributed by atoms with Gasteiger partial charge in [-0.05, 0) is 86.0 Å². The largest absolute Gasteiger partial charge is 0.493 e. The number of amides is 1. The molecule has 0 saturated carbocycles. The van der Waals surface area contributed by atoms with Gasteiger partial charge in [0.1, 0.15) is 17.5 Å². The molecule has 2 aliphatic heterocycles. The third-order valence-electron chi connectivity index (χ3n) is 7.38. The Balaban J connectivity index is 1.25. The van der Waals surface area contributed by atoms with Crippen LogP contribution in [0.4, 0.5) is 10.5 Å². The van der Waals surface area contributed by atoms with Gasteiger partial charge in [-0.2, -0.15) is 0 Å². The molecule has 1 saturated heterocycles. The fourth-order valence-corrected chi connectivity index (χ4v) is 5.63. The van der Waals surface area contributed by atoms with Gasteiger partial charge in [0.15, 0.2) is 5.79 Å². The van der Waals surface area contributed by atoms with Crippen LogP contribution in [0.5, 0.6) is 11.5 Å². The molecule has 3 heterocycles. The average molecular weight is 562 g/mol. The Kier molecular flexibility index (Phi) is 7.08. The lowest BCUT2D eigenvalue weighted by Gasteiger charge is -2.35. The van der Waals surface area contributed by atoms with E-state index in [9.17, 15) is 4.79 Å². The Morgan fingerprint density at radius 1 is 1.10 bits per heavy atom. The van der Waals surface area contributed by atoms with Crippen molar-refractivity contribution in [3.8, 4) is 11.5 Å². The molecular formula is C31H32ClN3O5. The van der Waals surface area contributed by atoms with E-state index in [1.54, 1.807) is 29.2 Å². The highest BCUT2D eigenvalue weighted by molar-refractivity contribution is 6.31. The number of hydrogen-bond donors (Lipinski definition) is 2. The number of benzene rings is 3. The molecule has 1 fully saturated rings. The van der Waals surface area contributed by atoms with Crippen LogP contribution in [0, 0.1) is 0 Å². The Bertz CT molecular complexity index is 1520. The smallest absolute Gasteiger partial charge is 0.416 e. The van der Waals surface area contributed by atoms with E-state index < -0.39 is 11.9 Å². The number of nitrogen functional groups attached to an aromatic ring is 1. The van der Waals surface area contributed by atoms with Gasteiger partial charge in [-0.25, -0.2) is 4.79 Å². The standard InChI is InChI=1S/C31H32ClN3O5/c1-31(2)38-18-24(40-31)14-16-37-22-8-3-19(4-9-22)29-28-25(26-17-20(32)5-12-27(26)34-28)13-15-35(29)30(36)39-23-10-6-21(33)7-11-23/h3-12,17,24,29,34H,13-16,18,33H2,1-2H3. The van der Waals surface area contributed by atoms with Crippen molar-refractivity contribution in [3.63, 3.8) is 0 Å². The molecule has 0 spiro atoms. The number of H-pyrrole nitrogens is 1. The summed E-state index contributed by atoms with van der Waals surface area (Å²) in [4.78, 5) is 18.8. The fourth-order valence-electron chi connectivity index (χ4n) is 5.46. The summed E-state index contributed by atoms with van der Waals surface area (Å²) in [5, 5.41) is 1.75. The number of nitrogens with one attached hydrogen (secondary N) is 1. The van der Waals surface area contributed by atoms with Gasteiger partial charge in [0.05, 0.1) is 19.3 Å². The number of halogens is 1. The Hall–Kier alpha value is -3.72. The average Bonchev–Trinajstić information content (AvgIpc) is 3.48. The summed E-state index contributed by atoms with van der Waals surface area (Å²) < 4.78 is 23.3. The van der Waals surface area contributed by atoms with E-state index in [0.717, 1.165) is 39.9 Å². The number of nitrogens with two attached hydrogens (primary N) is 1. The number of aromatic nitrogens is 1. The molecular weight excluding hydrogens is 530 g/mol. The van der Waals surface area contributed by atoms with Gasteiger partial charge < -0.3 is 29.7 Å². The predicted molar refractivity (Wildman–Crippen MR) is 154 cm³/mol. The molecule has 0 aliphatic carbocycles. The van der Waals surface area contributed by atoms with Crippen LogP contribution in [-0.4, -0.2) is 47.6 Å². The lowest BCUT2D eigenvalue weighted by atomic mass is 9.92. The Morgan fingerprint density at radius 2 is 1.85 bits per heavy atom. The molecule has 40 heavy (non-hydrogen) atoms. The molecule has 4 aromatic rings. The molecule has 2 atom stereocenters. The topological polar surface area (TPSA) is 99.0 Å². The van der Waals surface area contributed by atoms with Crippen LogP contribution in [0.1, 0.15) is 43.1 Å². The molecule has 0 radical (unpaired) electrons.